The Balaban J connectivity index is 1.74. The summed E-state index contributed by atoms with van der Waals surface area (Å²) in [4.78, 5) is 27.9. The number of hydrogen-bond donors (Lipinski definition) is 3. The lowest BCUT2D eigenvalue weighted by atomic mass is 9.62. The van der Waals surface area contributed by atoms with E-state index in [2.05, 4.69) is 36.7 Å². The zero-order chi connectivity index (χ0) is 26.5. The number of hydrogen-bond acceptors (Lipinski definition) is 3. The molecule has 192 valence electrons. The van der Waals surface area contributed by atoms with Gasteiger partial charge in [0.1, 0.15) is 11.2 Å². The molecule has 3 aromatic rings. The number of amides is 2. The normalized spacial score (nSPS) is 24.7. The van der Waals surface area contributed by atoms with Gasteiger partial charge >= 0.3 is 0 Å². The fourth-order valence-corrected chi connectivity index (χ4v) is 6.25. The lowest BCUT2D eigenvalue weighted by Crippen LogP contribution is -2.49. The molecule has 3 aromatic carbocycles. The van der Waals surface area contributed by atoms with E-state index < -0.39 is 29.2 Å². The van der Waals surface area contributed by atoms with Crippen molar-refractivity contribution in [2.75, 3.05) is 10.6 Å². The van der Waals surface area contributed by atoms with Gasteiger partial charge in [-0.3, -0.25) is 9.59 Å². The number of rotatable bonds is 4. The third-order valence-electron chi connectivity index (χ3n) is 7.26. The zero-order valence-corrected chi connectivity index (χ0v) is 22.3. The minimum absolute atomic E-state index is 0.0659. The number of fused-ring (bicyclic) bond motifs is 2. The predicted molar refractivity (Wildman–Crippen MR) is 146 cm³/mol. The summed E-state index contributed by atoms with van der Waals surface area (Å²) in [5.74, 6) is -2.18. The highest BCUT2D eigenvalue weighted by Crippen LogP contribution is 2.57. The van der Waals surface area contributed by atoms with E-state index in [1.54, 1.807) is 42.5 Å². The average Bonchev–Trinajstić information content (AvgIpc) is 3.30. The summed E-state index contributed by atoms with van der Waals surface area (Å²) >= 11 is 12.5. The molecule has 3 N–H and O–H groups in total. The van der Waals surface area contributed by atoms with E-state index in [1.165, 1.54) is 6.07 Å². The van der Waals surface area contributed by atoms with E-state index in [9.17, 15) is 9.59 Å². The molecule has 8 heteroatoms. The van der Waals surface area contributed by atoms with Crippen molar-refractivity contribution in [2.45, 2.75) is 50.6 Å². The second kappa shape index (κ2) is 9.43. The Labute approximate surface area is 225 Å². The fraction of sp³-hybridized carbons (Fsp3) is 0.310. The van der Waals surface area contributed by atoms with Gasteiger partial charge in [-0.25, -0.2) is 4.39 Å². The quantitative estimate of drug-likeness (QED) is 0.353. The molecule has 37 heavy (non-hydrogen) atoms. The van der Waals surface area contributed by atoms with Crippen molar-refractivity contribution in [2.24, 2.45) is 5.41 Å². The van der Waals surface area contributed by atoms with Gasteiger partial charge in [-0.2, -0.15) is 0 Å². The lowest BCUT2D eigenvalue weighted by molar-refractivity contribution is -0.122. The highest BCUT2D eigenvalue weighted by Gasteiger charge is 2.66. The number of benzene rings is 3. The van der Waals surface area contributed by atoms with Crippen molar-refractivity contribution in [3.63, 3.8) is 0 Å². The largest absolute Gasteiger partial charge is 0.325 e. The van der Waals surface area contributed by atoms with Gasteiger partial charge in [0.05, 0.1) is 11.1 Å². The molecule has 1 saturated heterocycles. The van der Waals surface area contributed by atoms with Crippen LogP contribution in [-0.2, 0) is 15.0 Å². The van der Waals surface area contributed by atoms with Crippen molar-refractivity contribution in [3.8, 4) is 0 Å². The molecule has 0 aliphatic carbocycles. The molecule has 5 rings (SSSR count). The average molecular weight is 540 g/mol. The first-order chi connectivity index (χ1) is 17.5. The van der Waals surface area contributed by atoms with Crippen LogP contribution in [0.4, 0.5) is 15.8 Å². The van der Waals surface area contributed by atoms with Gasteiger partial charge < -0.3 is 16.0 Å². The monoisotopic (exact) mass is 539 g/mol. The molecular formula is C29H28Cl2FN3O2. The Kier molecular flexibility index (Phi) is 6.55. The van der Waals surface area contributed by atoms with E-state index in [4.69, 9.17) is 23.2 Å². The minimum atomic E-state index is -1.28. The summed E-state index contributed by atoms with van der Waals surface area (Å²) in [6, 6.07) is 17.6. The second-order valence-electron chi connectivity index (χ2n) is 11.0. The topological polar surface area (TPSA) is 70.2 Å². The number of carbonyl (C=O) groups excluding carboxylic acids is 2. The Bertz CT molecular complexity index is 1380. The van der Waals surface area contributed by atoms with E-state index in [-0.39, 0.29) is 27.8 Å². The zero-order valence-electron chi connectivity index (χ0n) is 20.7. The third kappa shape index (κ3) is 4.41. The van der Waals surface area contributed by atoms with Gasteiger partial charge in [-0.15, -0.1) is 0 Å². The Morgan fingerprint density at radius 3 is 2.49 bits per heavy atom. The first kappa shape index (κ1) is 25.7. The molecule has 0 saturated carbocycles. The molecular weight excluding hydrogens is 512 g/mol. The third-order valence-corrected chi connectivity index (χ3v) is 7.79. The van der Waals surface area contributed by atoms with E-state index >= 15 is 4.39 Å². The van der Waals surface area contributed by atoms with Crippen molar-refractivity contribution in [1.82, 2.24) is 5.32 Å². The number of halogens is 3. The predicted octanol–water partition coefficient (Wildman–Crippen LogP) is 6.52. The Hall–Kier alpha value is -2.93. The Morgan fingerprint density at radius 2 is 1.78 bits per heavy atom. The van der Waals surface area contributed by atoms with Crippen molar-refractivity contribution in [3.05, 3.63) is 93.7 Å². The van der Waals surface area contributed by atoms with Crippen molar-refractivity contribution in [1.29, 1.82) is 0 Å². The molecule has 2 amide bonds. The summed E-state index contributed by atoms with van der Waals surface area (Å²) in [5, 5.41) is 9.80. The first-order valence-corrected chi connectivity index (χ1v) is 13.0. The van der Waals surface area contributed by atoms with Gasteiger partial charge in [-0.1, -0.05) is 80.4 Å². The minimum Gasteiger partial charge on any atom is -0.325 e. The van der Waals surface area contributed by atoms with Gasteiger partial charge in [-0.05, 0) is 53.3 Å². The maximum atomic E-state index is 15.7. The van der Waals surface area contributed by atoms with Crippen molar-refractivity contribution < 1.29 is 14.0 Å². The number of anilines is 2. The van der Waals surface area contributed by atoms with Crippen LogP contribution in [0, 0.1) is 11.2 Å². The molecule has 5 nitrogen and oxygen atoms in total. The van der Waals surface area contributed by atoms with Crippen LogP contribution in [0.25, 0.3) is 0 Å². The molecule has 0 bridgehead atoms. The molecule has 2 aliphatic heterocycles. The molecule has 1 spiro atoms. The molecule has 1 fully saturated rings. The first-order valence-electron chi connectivity index (χ1n) is 12.2. The van der Waals surface area contributed by atoms with Crippen LogP contribution in [0.2, 0.25) is 10.0 Å². The molecule has 4 atom stereocenters. The summed E-state index contributed by atoms with van der Waals surface area (Å²) in [6.45, 7) is 6.22. The maximum Gasteiger partial charge on any atom is 0.242 e. The van der Waals surface area contributed by atoms with E-state index in [1.807, 2.05) is 18.2 Å². The summed E-state index contributed by atoms with van der Waals surface area (Å²) in [5.41, 5.74) is 0.580. The van der Waals surface area contributed by atoms with Gasteiger partial charge in [0.25, 0.3) is 0 Å². The lowest BCUT2D eigenvalue weighted by Gasteiger charge is -2.37. The SMILES string of the molecule is CC(C)(C)C[C@@H]1N[C@@H](C(=O)Nc2ccccc2)[C@@H](c2cccc(Cl)c2F)C12C(=O)Nc1cc(Cl)ccc12. The molecule has 0 aromatic heterocycles. The second-order valence-corrected chi connectivity index (χ2v) is 11.8. The van der Waals surface area contributed by atoms with Crippen LogP contribution in [0.3, 0.4) is 0 Å². The summed E-state index contributed by atoms with van der Waals surface area (Å²) in [6.07, 6.45) is 0.552. The fourth-order valence-electron chi connectivity index (χ4n) is 5.89. The standard InChI is InChI=1S/C29H28Cl2FN3O2/c1-28(2,3)15-22-29(19-13-12-16(30)14-21(19)34-27(29)37)23(18-10-7-11-20(31)24(18)32)25(35-22)26(36)33-17-8-5-4-6-9-17/h4-14,22-23,25,35H,15H2,1-3H3,(H,33,36)(H,34,37)/t22-,23+,25+,29?/m0/s1. The number of para-hydroxylation sites is 1. The van der Waals surface area contributed by atoms with Crippen molar-refractivity contribution >= 4 is 46.4 Å². The molecule has 2 aliphatic rings. The summed E-state index contributed by atoms with van der Waals surface area (Å²) in [7, 11) is 0. The Morgan fingerprint density at radius 1 is 1.05 bits per heavy atom. The van der Waals surface area contributed by atoms with Crippen LogP contribution >= 0.6 is 23.2 Å². The molecule has 1 unspecified atom stereocenters. The smallest absolute Gasteiger partial charge is 0.242 e. The van der Waals surface area contributed by atoms with Gasteiger partial charge in [0.15, 0.2) is 0 Å². The van der Waals surface area contributed by atoms with Crippen LogP contribution < -0.4 is 16.0 Å². The van der Waals surface area contributed by atoms with Crippen LogP contribution in [0.1, 0.15) is 44.2 Å². The van der Waals surface area contributed by atoms with Crippen LogP contribution in [0.5, 0.6) is 0 Å². The number of carbonyl (C=O) groups is 2. The van der Waals surface area contributed by atoms with Crippen LogP contribution in [0.15, 0.2) is 66.7 Å². The maximum absolute atomic E-state index is 15.7. The van der Waals surface area contributed by atoms with Gasteiger partial charge in [0, 0.05) is 28.4 Å². The van der Waals surface area contributed by atoms with Crippen LogP contribution in [-0.4, -0.2) is 23.9 Å². The summed E-state index contributed by atoms with van der Waals surface area (Å²) < 4.78 is 15.7. The highest BCUT2D eigenvalue weighted by atomic mass is 35.5. The highest BCUT2D eigenvalue weighted by molar-refractivity contribution is 6.31. The van der Waals surface area contributed by atoms with Gasteiger partial charge in [0.2, 0.25) is 11.8 Å². The molecule has 2 heterocycles. The van der Waals surface area contributed by atoms with E-state index in [0.717, 1.165) is 0 Å². The molecule has 0 radical (unpaired) electrons. The van der Waals surface area contributed by atoms with E-state index in [0.29, 0.717) is 28.4 Å². The number of nitrogens with one attached hydrogen (secondary N) is 3.